The van der Waals surface area contributed by atoms with Crippen LogP contribution in [-0.4, -0.2) is 23.0 Å². The zero-order chi connectivity index (χ0) is 13.6. The molecule has 0 aliphatic rings. The number of pyridine rings is 1. The van der Waals surface area contributed by atoms with Crippen molar-refractivity contribution in [2.45, 2.75) is 39.2 Å². The summed E-state index contributed by atoms with van der Waals surface area (Å²) in [6, 6.07) is 5.73. The Morgan fingerprint density at radius 2 is 2.16 bits per heavy atom. The van der Waals surface area contributed by atoms with Gasteiger partial charge in [0.1, 0.15) is 0 Å². The molecule has 1 aromatic rings. The van der Waals surface area contributed by atoms with Crippen molar-refractivity contribution < 1.29 is 4.79 Å². The summed E-state index contributed by atoms with van der Waals surface area (Å²) in [5.41, 5.74) is 6.34. The third-order valence-corrected chi connectivity index (χ3v) is 3.46. The highest BCUT2D eigenvalue weighted by atomic mass is 35.5. The van der Waals surface area contributed by atoms with Crippen molar-refractivity contribution in [2.75, 3.05) is 6.54 Å². The third-order valence-electron chi connectivity index (χ3n) is 3.46. The predicted molar refractivity (Wildman–Crippen MR) is 80.2 cm³/mol. The molecule has 1 rings (SSSR count). The minimum absolute atomic E-state index is 0. The molecule has 108 valence electrons. The molecule has 1 aromatic heterocycles. The van der Waals surface area contributed by atoms with Crippen molar-refractivity contribution in [3.63, 3.8) is 0 Å². The van der Waals surface area contributed by atoms with Gasteiger partial charge in [-0.15, -0.1) is 12.4 Å². The minimum Gasteiger partial charge on any atom is -0.349 e. The van der Waals surface area contributed by atoms with E-state index in [-0.39, 0.29) is 23.9 Å². The topological polar surface area (TPSA) is 68.0 Å². The number of aryl methyl sites for hydroxylation is 1. The first kappa shape index (κ1) is 17.9. The van der Waals surface area contributed by atoms with Gasteiger partial charge < -0.3 is 11.1 Å². The fourth-order valence-electron chi connectivity index (χ4n) is 1.60. The Kier molecular flexibility index (Phi) is 7.64. The maximum Gasteiger partial charge on any atom is 0.220 e. The average molecular weight is 286 g/mol. The monoisotopic (exact) mass is 285 g/mol. The molecule has 3 N–H and O–H groups in total. The fourth-order valence-corrected chi connectivity index (χ4v) is 1.60. The number of nitrogens with two attached hydrogens (primary N) is 1. The first-order valence-corrected chi connectivity index (χ1v) is 6.39. The van der Waals surface area contributed by atoms with Crippen LogP contribution < -0.4 is 11.1 Å². The molecule has 0 fully saturated rings. The molecule has 19 heavy (non-hydrogen) atoms. The van der Waals surface area contributed by atoms with Gasteiger partial charge in [0, 0.05) is 24.9 Å². The lowest BCUT2D eigenvalue weighted by Gasteiger charge is -2.33. The average Bonchev–Trinajstić information content (AvgIpc) is 2.37. The summed E-state index contributed by atoms with van der Waals surface area (Å²) < 4.78 is 0. The predicted octanol–water partition coefficient (Wildman–Crippen LogP) is 1.93. The van der Waals surface area contributed by atoms with Gasteiger partial charge >= 0.3 is 0 Å². The molecule has 1 atom stereocenters. The summed E-state index contributed by atoms with van der Waals surface area (Å²) >= 11 is 0. The number of hydrogen-bond donors (Lipinski definition) is 2. The number of halogens is 1. The molecular weight excluding hydrogens is 262 g/mol. The standard InChI is InChI=1S/C14H23N3O.ClH/c1-11(2)14(3,10-15)17-13(18)8-7-12-6-4-5-9-16-12;/h4-6,9,11H,7-8,10,15H2,1-3H3,(H,17,18);1H. The molecule has 1 heterocycles. The number of hydrogen-bond acceptors (Lipinski definition) is 3. The van der Waals surface area contributed by atoms with Crippen LogP contribution >= 0.6 is 12.4 Å². The van der Waals surface area contributed by atoms with Crippen LogP contribution in [0, 0.1) is 5.92 Å². The number of nitrogens with zero attached hydrogens (tertiary/aromatic N) is 1. The van der Waals surface area contributed by atoms with E-state index in [2.05, 4.69) is 24.1 Å². The molecule has 0 saturated carbocycles. The number of aromatic nitrogens is 1. The van der Waals surface area contributed by atoms with E-state index in [0.29, 0.717) is 25.3 Å². The van der Waals surface area contributed by atoms with Gasteiger partial charge in [0.15, 0.2) is 0 Å². The van der Waals surface area contributed by atoms with Crippen LogP contribution in [0.25, 0.3) is 0 Å². The third kappa shape index (κ3) is 5.57. The quantitative estimate of drug-likeness (QED) is 0.839. The van der Waals surface area contributed by atoms with Crippen molar-refractivity contribution in [2.24, 2.45) is 11.7 Å². The molecule has 0 aromatic carbocycles. The number of amides is 1. The van der Waals surface area contributed by atoms with Crippen LogP contribution in [0.5, 0.6) is 0 Å². The van der Waals surface area contributed by atoms with Crippen LogP contribution in [0.15, 0.2) is 24.4 Å². The Labute approximate surface area is 121 Å². The summed E-state index contributed by atoms with van der Waals surface area (Å²) in [7, 11) is 0. The molecule has 5 heteroatoms. The highest BCUT2D eigenvalue weighted by Gasteiger charge is 2.28. The molecule has 0 spiro atoms. The van der Waals surface area contributed by atoms with Crippen molar-refractivity contribution >= 4 is 18.3 Å². The van der Waals surface area contributed by atoms with Gasteiger partial charge in [0.05, 0.1) is 5.54 Å². The lowest BCUT2D eigenvalue weighted by Crippen LogP contribution is -2.55. The Hall–Kier alpha value is -1.13. The van der Waals surface area contributed by atoms with Gasteiger partial charge in [-0.1, -0.05) is 19.9 Å². The molecule has 0 aliphatic heterocycles. The Balaban J connectivity index is 0.00000324. The second kappa shape index (κ2) is 8.12. The van der Waals surface area contributed by atoms with Crippen molar-refractivity contribution in [3.8, 4) is 0 Å². The highest BCUT2D eigenvalue weighted by Crippen LogP contribution is 2.15. The SMILES string of the molecule is CC(C)C(C)(CN)NC(=O)CCc1ccccn1.Cl. The van der Waals surface area contributed by atoms with Gasteiger partial charge in [-0.2, -0.15) is 0 Å². The van der Waals surface area contributed by atoms with E-state index < -0.39 is 0 Å². The van der Waals surface area contributed by atoms with E-state index in [1.807, 2.05) is 25.1 Å². The van der Waals surface area contributed by atoms with Crippen molar-refractivity contribution in [1.82, 2.24) is 10.3 Å². The fraction of sp³-hybridized carbons (Fsp3) is 0.571. The molecule has 4 nitrogen and oxygen atoms in total. The number of nitrogens with one attached hydrogen (secondary N) is 1. The van der Waals surface area contributed by atoms with E-state index in [1.165, 1.54) is 0 Å². The van der Waals surface area contributed by atoms with Crippen LogP contribution in [0.1, 0.15) is 32.9 Å². The van der Waals surface area contributed by atoms with Gasteiger partial charge in [0.2, 0.25) is 5.91 Å². The van der Waals surface area contributed by atoms with Crippen LogP contribution in [-0.2, 0) is 11.2 Å². The Morgan fingerprint density at radius 1 is 1.47 bits per heavy atom. The van der Waals surface area contributed by atoms with Crippen LogP contribution in [0.3, 0.4) is 0 Å². The maximum absolute atomic E-state index is 11.9. The van der Waals surface area contributed by atoms with Gasteiger partial charge in [0.25, 0.3) is 0 Å². The van der Waals surface area contributed by atoms with E-state index in [0.717, 1.165) is 5.69 Å². The van der Waals surface area contributed by atoms with E-state index in [1.54, 1.807) is 6.20 Å². The van der Waals surface area contributed by atoms with E-state index in [9.17, 15) is 4.79 Å². The zero-order valence-corrected chi connectivity index (χ0v) is 12.7. The normalized spacial score (nSPS) is 13.5. The summed E-state index contributed by atoms with van der Waals surface area (Å²) in [6.07, 6.45) is 2.84. The lowest BCUT2D eigenvalue weighted by molar-refractivity contribution is -0.123. The second-order valence-electron chi connectivity index (χ2n) is 5.15. The summed E-state index contributed by atoms with van der Waals surface area (Å²) in [5, 5.41) is 3.02. The molecule has 0 aliphatic carbocycles. The molecule has 0 radical (unpaired) electrons. The lowest BCUT2D eigenvalue weighted by atomic mass is 9.88. The largest absolute Gasteiger partial charge is 0.349 e. The maximum atomic E-state index is 11.9. The second-order valence-corrected chi connectivity index (χ2v) is 5.15. The smallest absolute Gasteiger partial charge is 0.220 e. The number of carbonyl (C=O) groups excluding carboxylic acids is 1. The van der Waals surface area contributed by atoms with Gasteiger partial charge in [-0.05, 0) is 31.4 Å². The molecule has 1 amide bonds. The first-order valence-electron chi connectivity index (χ1n) is 6.39. The molecule has 0 saturated heterocycles. The zero-order valence-electron chi connectivity index (χ0n) is 11.8. The summed E-state index contributed by atoms with van der Waals surface area (Å²) in [6.45, 7) is 6.55. The summed E-state index contributed by atoms with van der Waals surface area (Å²) in [5.74, 6) is 0.337. The van der Waals surface area contributed by atoms with E-state index >= 15 is 0 Å². The van der Waals surface area contributed by atoms with E-state index in [4.69, 9.17) is 5.73 Å². The van der Waals surface area contributed by atoms with Gasteiger partial charge in [-0.25, -0.2) is 0 Å². The Morgan fingerprint density at radius 3 is 2.63 bits per heavy atom. The Bertz CT molecular complexity index is 384. The first-order chi connectivity index (χ1) is 8.48. The molecular formula is C14H24ClN3O. The van der Waals surface area contributed by atoms with Crippen LogP contribution in [0.4, 0.5) is 0 Å². The number of carbonyl (C=O) groups is 1. The van der Waals surface area contributed by atoms with Crippen molar-refractivity contribution in [1.29, 1.82) is 0 Å². The number of rotatable bonds is 6. The molecule has 0 bridgehead atoms. The van der Waals surface area contributed by atoms with Crippen LogP contribution in [0.2, 0.25) is 0 Å². The minimum atomic E-state index is -0.332. The summed E-state index contributed by atoms with van der Waals surface area (Å²) in [4.78, 5) is 16.1. The highest BCUT2D eigenvalue weighted by molar-refractivity contribution is 5.85. The van der Waals surface area contributed by atoms with Crippen molar-refractivity contribution in [3.05, 3.63) is 30.1 Å². The van der Waals surface area contributed by atoms with Gasteiger partial charge in [-0.3, -0.25) is 9.78 Å². The molecule has 1 unspecified atom stereocenters.